The van der Waals surface area contributed by atoms with Crippen molar-refractivity contribution in [2.45, 2.75) is 61.5 Å². The second kappa shape index (κ2) is 6.36. The Hall–Kier alpha value is -1.91. The average Bonchev–Trinajstić information content (AvgIpc) is 3.36. The van der Waals surface area contributed by atoms with Gasteiger partial charge in [0.2, 0.25) is 16.8 Å². The summed E-state index contributed by atoms with van der Waals surface area (Å²) >= 11 is 0. The molecule has 10 heteroatoms. The van der Waals surface area contributed by atoms with Crippen LogP contribution in [-0.4, -0.2) is 60.5 Å². The summed E-state index contributed by atoms with van der Waals surface area (Å²) in [4.78, 5) is 23.6. The summed E-state index contributed by atoms with van der Waals surface area (Å²) in [5.41, 5.74) is 0. The molecule has 0 radical (unpaired) electrons. The lowest BCUT2D eigenvalue weighted by atomic mass is 9.95. The number of fused-ring (bicyclic) bond motifs is 2. The highest BCUT2D eigenvalue weighted by Gasteiger charge is 2.45. The van der Waals surface area contributed by atoms with Gasteiger partial charge in [-0.25, -0.2) is 13.2 Å². The van der Waals surface area contributed by atoms with Gasteiger partial charge in [0, 0.05) is 6.54 Å². The molecule has 0 aromatic carbocycles. The van der Waals surface area contributed by atoms with Crippen LogP contribution in [0.1, 0.15) is 42.7 Å². The minimum atomic E-state index is -4.08. The number of nitrogens with one attached hydrogen (secondary N) is 1. The van der Waals surface area contributed by atoms with E-state index in [1.165, 1.54) is 0 Å². The molecule has 3 aliphatic heterocycles. The Bertz CT molecular complexity index is 833. The van der Waals surface area contributed by atoms with Gasteiger partial charge in [0.1, 0.15) is 6.04 Å². The van der Waals surface area contributed by atoms with Crippen molar-refractivity contribution in [3.05, 3.63) is 17.9 Å². The van der Waals surface area contributed by atoms with Crippen molar-refractivity contribution in [1.29, 1.82) is 0 Å². The van der Waals surface area contributed by atoms with Gasteiger partial charge >= 0.3 is 5.97 Å². The highest BCUT2D eigenvalue weighted by atomic mass is 32.2. The highest BCUT2D eigenvalue weighted by Crippen LogP contribution is 2.35. The van der Waals surface area contributed by atoms with E-state index >= 15 is 0 Å². The van der Waals surface area contributed by atoms with Crippen molar-refractivity contribution in [2.24, 2.45) is 0 Å². The van der Waals surface area contributed by atoms with E-state index < -0.39 is 32.9 Å². The van der Waals surface area contributed by atoms with E-state index in [1.54, 1.807) is 0 Å². The van der Waals surface area contributed by atoms with Gasteiger partial charge in [-0.3, -0.25) is 4.79 Å². The van der Waals surface area contributed by atoms with Gasteiger partial charge in [0.15, 0.2) is 0 Å². The first kappa shape index (κ1) is 17.5. The molecule has 26 heavy (non-hydrogen) atoms. The quantitative estimate of drug-likeness (QED) is 0.760. The lowest BCUT2D eigenvalue weighted by Crippen LogP contribution is -2.50. The zero-order valence-corrected chi connectivity index (χ0v) is 14.8. The lowest BCUT2D eigenvalue weighted by Gasteiger charge is -2.26. The molecule has 1 aromatic heterocycles. The van der Waals surface area contributed by atoms with Gasteiger partial charge in [0.05, 0.1) is 18.2 Å². The lowest BCUT2D eigenvalue weighted by molar-refractivity contribution is -0.125. The molecule has 4 heterocycles. The third-order valence-corrected chi connectivity index (χ3v) is 7.08. The van der Waals surface area contributed by atoms with Crippen LogP contribution in [0.2, 0.25) is 0 Å². The number of nitrogens with zero attached hydrogens (tertiary/aromatic N) is 1. The number of carbonyl (C=O) groups is 2. The van der Waals surface area contributed by atoms with Crippen LogP contribution in [0.4, 0.5) is 0 Å². The maximum absolute atomic E-state index is 12.8. The Balaban J connectivity index is 1.50. The summed E-state index contributed by atoms with van der Waals surface area (Å²) in [6.07, 6.45) is 3.84. The molecule has 3 saturated heterocycles. The van der Waals surface area contributed by atoms with Gasteiger partial charge in [-0.2, -0.15) is 4.31 Å². The van der Waals surface area contributed by atoms with E-state index in [2.05, 4.69) is 5.32 Å². The standard InChI is InChI=1S/C16H20N2O7S/c19-15(17-10-8-9-3-4-12(10)24-9)11-2-1-7-18(11)26(22,23)14-6-5-13(25-14)16(20)21/h5-6,9-12H,1-4,7-8H2,(H,17,19)(H,20,21)/t9-,10-,11?,12+/m1/s1. The van der Waals surface area contributed by atoms with Crippen molar-refractivity contribution in [3.63, 3.8) is 0 Å². The number of rotatable bonds is 5. The Kier molecular flexibility index (Phi) is 4.28. The molecule has 2 bridgehead atoms. The van der Waals surface area contributed by atoms with Gasteiger partial charge in [-0.1, -0.05) is 0 Å². The second-order valence-electron chi connectivity index (χ2n) is 6.92. The zero-order valence-electron chi connectivity index (χ0n) is 14.0. The first-order valence-corrected chi connectivity index (χ1v) is 10.1. The summed E-state index contributed by atoms with van der Waals surface area (Å²) < 4.78 is 37.3. The van der Waals surface area contributed by atoms with Crippen LogP contribution in [0.3, 0.4) is 0 Å². The molecule has 3 aliphatic rings. The number of carboxylic acid groups (broad SMARTS) is 1. The van der Waals surface area contributed by atoms with E-state index in [0.29, 0.717) is 12.8 Å². The van der Waals surface area contributed by atoms with Crippen molar-refractivity contribution in [1.82, 2.24) is 9.62 Å². The molecule has 142 valence electrons. The molecule has 4 rings (SSSR count). The SMILES string of the molecule is O=C(O)c1ccc(S(=O)(=O)N2CCCC2C(=O)N[C@@H]2C[C@H]3CC[C@@H]2O3)o1. The van der Waals surface area contributed by atoms with Gasteiger partial charge < -0.3 is 19.6 Å². The third kappa shape index (κ3) is 2.91. The predicted molar refractivity (Wildman–Crippen MR) is 87.0 cm³/mol. The van der Waals surface area contributed by atoms with E-state index in [0.717, 1.165) is 35.7 Å². The minimum Gasteiger partial charge on any atom is -0.475 e. The molecule has 3 fully saturated rings. The summed E-state index contributed by atoms with van der Waals surface area (Å²) in [7, 11) is -4.08. The monoisotopic (exact) mass is 384 g/mol. The second-order valence-corrected chi connectivity index (χ2v) is 8.74. The number of carboxylic acids is 1. The van der Waals surface area contributed by atoms with Crippen molar-refractivity contribution < 1.29 is 32.3 Å². The first-order valence-electron chi connectivity index (χ1n) is 8.67. The average molecular weight is 384 g/mol. The van der Waals surface area contributed by atoms with E-state index in [1.807, 2.05) is 0 Å². The van der Waals surface area contributed by atoms with Crippen LogP contribution in [0.15, 0.2) is 21.6 Å². The maximum Gasteiger partial charge on any atom is 0.371 e. The first-order chi connectivity index (χ1) is 12.4. The van der Waals surface area contributed by atoms with Crippen LogP contribution in [0, 0.1) is 0 Å². The van der Waals surface area contributed by atoms with Crippen molar-refractivity contribution in [3.8, 4) is 0 Å². The molecule has 2 N–H and O–H groups in total. The number of furan rings is 1. The number of carbonyl (C=O) groups excluding carboxylic acids is 1. The van der Waals surface area contributed by atoms with Gasteiger partial charge in [0.25, 0.3) is 10.0 Å². The number of aromatic carboxylic acids is 1. The zero-order chi connectivity index (χ0) is 18.5. The summed E-state index contributed by atoms with van der Waals surface area (Å²) in [6, 6.07) is 1.30. The predicted octanol–water partition coefficient (Wildman–Crippen LogP) is 0.567. The number of amides is 1. The molecule has 4 atom stereocenters. The normalized spacial score (nSPS) is 31.4. The minimum absolute atomic E-state index is 0.0126. The Morgan fingerprint density at radius 3 is 2.65 bits per heavy atom. The van der Waals surface area contributed by atoms with Crippen LogP contribution in [0.25, 0.3) is 0 Å². The van der Waals surface area contributed by atoms with Crippen LogP contribution in [-0.2, 0) is 19.6 Å². The van der Waals surface area contributed by atoms with E-state index in [-0.39, 0.29) is 30.7 Å². The summed E-state index contributed by atoms with van der Waals surface area (Å²) in [5, 5.41) is 11.4. The molecule has 9 nitrogen and oxygen atoms in total. The summed E-state index contributed by atoms with van der Waals surface area (Å²) in [6.45, 7) is 0.191. The van der Waals surface area contributed by atoms with Crippen LogP contribution in [0.5, 0.6) is 0 Å². The number of hydrogen-bond donors (Lipinski definition) is 2. The topological polar surface area (TPSA) is 126 Å². The number of hydrogen-bond acceptors (Lipinski definition) is 6. The van der Waals surface area contributed by atoms with E-state index in [9.17, 15) is 18.0 Å². The fourth-order valence-electron chi connectivity index (χ4n) is 4.05. The Morgan fingerprint density at radius 2 is 2.04 bits per heavy atom. The maximum atomic E-state index is 12.8. The van der Waals surface area contributed by atoms with Crippen molar-refractivity contribution >= 4 is 21.9 Å². The molecular weight excluding hydrogens is 364 g/mol. The largest absolute Gasteiger partial charge is 0.475 e. The fourth-order valence-corrected chi connectivity index (χ4v) is 5.62. The molecule has 1 aromatic rings. The van der Waals surface area contributed by atoms with E-state index in [4.69, 9.17) is 14.3 Å². The molecule has 0 spiro atoms. The van der Waals surface area contributed by atoms with Crippen LogP contribution < -0.4 is 5.32 Å². The molecule has 1 unspecified atom stereocenters. The molecule has 0 saturated carbocycles. The van der Waals surface area contributed by atoms with Crippen LogP contribution >= 0.6 is 0 Å². The Morgan fingerprint density at radius 1 is 1.23 bits per heavy atom. The van der Waals surface area contributed by atoms with Crippen molar-refractivity contribution in [2.75, 3.05) is 6.54 Å². The third-order valence-electron chi connectivity index (χ3n) is 5.30. The smallest absolute Gasteiger partial charge is 0.371 e. The number of ether oxygens (including phenoxy) is 1. The van der Waals surface area contributed by atoms with Gasteiger partial charge in [-0.15, -0.1) is 0 Å². The summed E-state index contributed by atoms with van der Waals surface area (Å²) in [5.74, 6) is -2.14. The Labute approximate surface area is 150 Å². The highest BCUT2D eigenvalue weighted by molar-refractivity contribution is 7.89. The van der Waals surface area contributed by atoms with Gasteiger partial charge in [-0.05, 0) is 44.2 Å². The molecule has 0 aliphatic carbocycles. The fraction of sp³-hybridized carbons (Fsp3) is 0.625. The molecular formula is C16H20N2O7S. The molecule has 1 amide bonds. The number of sulfonamides is 1.